The Balaban J connectivity index is 2.35. The lowest BCUT2D eigenvalue weighted by atomic mass is 10.1. The summed E-state index contributed by atoms with van der Waals surface area (Å²) in [6.45, 7) is 6.41. The van der Waals surface area contributed by atoms with Crippen molar-refractivity contribution in [2.24, 2.45) is 5.92 Å². The van der Waals surface area contributed by atoms with Crippen LogP contribution in [0.3, 0.4) is 0 Å². The number of fused-ring (bicyclic) bond motifs is 1. The topological polar surface area (TPSA) is 50.2 Å². The van der Waals surface area contributed by atoms with Crippen LogP contribution in [0.2, 0.25) is 0 Å². The first-order chi connectivity index (χ1) is 8.49. The summed E-state index contributed by atoms with van der Waals surface area (Å²) in [5, 5.41) is 10.4. The van der Waals surface area contributed by atoms with E-state index in [0.29, 0.717) is 21.8 Å². The van der Waals surface area contributed by atoms with Gasteiger partial charge in [-0.2, -0.15) is 0 Å². The Morgan fingerprint density at radius 1 is 1.39 bits per heavy atom. The average molecular weight is 265 g/mol. The van der Waals surface area contributed by atoms with Crippen LogP contribution in [-0.4, -0.2) is 21.3 Å². The molecular weight excluding hydrogens is 246 g/mol. The molecule has 1 heterocycles. The summed E-state index contributed by atoms with van der Waals surface area (Å²) in [5.74, 6) is -0.359. The van der Waals surface area contributed by atoms with Gasteiger partial charge in [-0.1, -0.05) is 20.8 Å². The first kappa shape index (κ1) is 13.4. The van der Waals surface area contributed by atoms with Crippen molar-refractivity contribution >= 4 is 17.7 Å². The molecule has 0 saturated heterocycles. The Kier molecular flexibility index (Phi) is 3.95. The predicted molar refractivity (Wildman–Crippen MR) is 73.4 cm³/mol. The third kappa shape index (κ3) is 2.69. The van der Waals surface area contributed by atoms with Gasteiger partial charge in [0.1, 0.15) is 5.03 Å². The molecule has 1 aliphatic rings. The van der Waals surface area contributed by atoms with Crippen molar-refractivity contribution in [3.63, 3.8) is 0 Å². The molecule has 0 aliphatic heterocycles. The van der Waals surface area contributed by atoms with Crippen molar-refractivity contribution in [2.75, 3.05) is 0 Å². The standard InChI is InChI=1S/C14H19NO2S/c1-8(2)9(3)18-13-11(14(16)17)7-10-5-4-6-12(10)15-13/h7-9H,4-6H2,1-3H3,(H,16,17). The van der Waals surface area contributed by atoms with Gasteiger partial charge < -0.3 is 5.11 Å². The van der Waals surface area contributed by atoms with E-state index in [-0.39, 0.29) is 0 Å². The van der Waals surface area contributed by atoms with Gasteiger partial charge in [-0.05, 0) is 36.8 Å². The molecular formula is C14H19NO2S. The molecule has 18 heavy (non-hydrogen) atoms. The molecule has 1 aromatic rings. The summed E-state index contributed by atoms with van der Waals surface area (Å²) in [4.78, 5) is 15.9. The first-order valence-corrected chi connectivity index (χ1v) is 7.29. The SMILES string of the molecule is CC(C)C(C)Sc1nc2c(cc1C(=O)O)CCC2. The molecule has 0 spiro atoms. The summed E-state index contributed by atoms with van der Waals surface area (Å²) < 4.78 is 0. The van der Waals surface area contributed by atoms with Gasteiger partial charge in [-0.25, -0.2) is 9.78 Å². The molecule has 0 saturated carbocycles. The third-order valence-corrected chi connectivity index (χ3v) is 4.93. The lowest BCUT2D eigenvalue weighted by Gasteiger charge is -2.16. The average Bonchev–Trinajstić information content (AvgIpc) is 2.74. The van der Waals surface area contributed by atoms with Crippen molar-refractivity contribution in [1.29, 1.82) is 0 Å². The van der Waals surface area contributed by atoms with Crippen LogP contribution in [0.25, 0.3) is 0 Å². The number of rotatable bonds is 4. The van der Waals surface area contributed by atoms with Gasteiger partial charge in [-0.15, -0.1) is 11.8 Å². The number of carbonyl (C=O) groups is 1. The Hall–Kier alpha value is -1.03. The number of thioether (sulfide) groups is 1. The highest BCUT2D eigenvalue weighted by atomic mass is 32.2. The van der Waals surface area contributed by atoms with E-state index in [1.807, 2.05) is 6.07 Å². The highest BCUT2D eigenvalue weighted by Crippen LogP contribution is 2.32. The van der Waals surface area contributed by atoms with Gasteiger partial charge in [0.05, 0.1) is 5.56 Å². The quantitative estimate of drug-likeness (QED) is 0.848. The number of nitrogens with zero attached hydrogens (tertiary/aromatic N) is 1. The van der Waals surface area contributed by atoms with Crippen molar-refractivity contribution in [1.82, 2.24) is 4.98 Å². The third-order valence-electron chi connectivity index (χ3n) is 3.48. The van der Waals surface area contributed by atoms with Crippen LogP contribution >= 0.6 is 11.8 Å². The van der Waals surface area contributed by atoms with Crippen LogP contribution in [0.5, 0.6) is 0 Å². The minimum absolute atomic E-state index is 0.369. The second kappa shape index (κ2) is 5.31. The summed E-state index contributed by atoms with van der Waals surface area (Å²) in [5.41, 5.74) is 2.58. The zero-order valence-corrected chi connectivity index (χ0v) is 11.9. The molecule has 0 radical (unpaired) electrons. The highest BCUT2D eigenvalue weighted by molar-refractivity contribution is 7.99. The zero-order chi connectivity index (χ0) is 13.3. The monoisotopic (exact) mass is 265 g/mol. The lowest BCUT2D eigenvalue weighted by molar-refractivity contribution is 0.0692. The van der Waals surface area contributed by atoms with Gasteiger partial charge in [0.25, 0.3) is 0 Å². The molecule has 2 rings (SSSR count). The molecule has 1 aromatic heterocycles. The Morgan fingerprint density at radius 2 is 2.11 bits per heavy atom. The van der Waals surface area contributed by atoms with E-state index in [1.165, 1.54) is 0 Å². The van der Waals surface area contributed by atoms with Gasteiger partial charge in [0, 0.05) is 10.9 Å². The summed E-state index contributed by atoms with van der Waals surface area (Å²) in [6, 6.07) is 1.83. The molecule has 1 aliphatic carbocycles. The maximum atomic E-state index is 11.3. The Morgan fingerprint density at radius 3 is 2.72 bits per heavy atom. The Bertz CT molecular complexity index is 471. The number of hydrogen-bond donors (Lipinski definition) is 1. The van der Waals surface area contributed by atoms with Crippen molar-refractivity contribution in [2.45, 2.75) is 50.3 Å². The molecule has 0 amide bonds. The first-order valence-electron chi connectivity index (χ1n) is 6.41. The van der Waals surface area contributed by atoms with E-state index >= 15 is 0 Å². The maximum Gasteiger partial charge on any atom is 0.338 e. The van der Waals surface area contributed by atoms with E-state index in [2.05, 4.69) is 25.8 Å². The van der Waals surface area contributed by atoms with Gasteiger partial charge in [0.2, 0.25) is 0 Å². The van der Waals surface area contributed by atoms with Gasteiger partial charge in [-0.3, -0.25) is 0 Å². The van der Waals surface area contributed by atoms with Crippen LogP contribution in [-0.2, 0) is 12.8 Å². The summed E-state index contributed by atoms with van der Waals surface area (Å²) in [6.07, 6.45) is 3.04. The van der Waals surface area contributed by atoms with Crippen LogP contribution in [0.1, 0.15) is 48.8 Å². The number of hydrogen-bond acceptors (Lipinski definition) is 3. The maximum absolute atomic E-state index is 11.3. The zero-order valence-electron chi connectivity index (χ0n) is 11.1. The number of carboxylic acids is 1. The van der Waals surface area contributed by atoms with Crippen LogP contribution in [0.15, 0.2) is 11.1 Å². The second-order valence-corrected chi connectivity index (χ2v) is 6.54. The molecule has 1 atom stereocenters. The van der Waals surface area contributed by atoms with E-state index in [4.69, 9.17) is 0 Å². The number of pyridine rings is 1. The minimum Gasteiger partial charge on any atom is -0.478 e. The molecule has 0 fully saturated rings. The number of carboxylic acid groups (broad SMARTS) is 1. The Labute approximate surface area is 112 Å². The van der Waals surface area contributed by atoms with Crippen LogP contribution < -0.4 is 0 Å². The summed E-state index contributed by atoms with van der Waals surface area (Å²) in [7, 11) is 0. The van der Waals surface area contributed by atoms with Gasteiger partial charge in [0.15, 0.2) is 0 Å². The van der Waals surface area contributed by atoms with Gasteiger partial charge >= 0.3 is 5.97 Å². The van der Waals surface area contributed by atoms with Crippen LogP contribution in [0, 0.1) is 5.92 Å². The molecule has 3 nitrogen and oxygen atoms in total. The molecule has 1 N–H and O–H groups in total. The fourth-order valence-corrected chi connectivity index (χ4v) is 3.07. The normalized spacial score (nSPS) is 15.8. The summed E-state index contributed by atoms with van der Waals surface area (Å²) >= 11 is 1.58. The van der Waals surface area contributed by atoms with E-state index in [0.717, 1.165) is 30.5 Å². The van der Waals surface area contributed by atoms with Crippen molar-refractivity contribution in [3.05, 3.63) is 22.9 Å². The van der Waals surface area contributed by atoms with E-state index in [9.17, 15) is 9.90 Å². The molecule has 0 bridgehead atoms. The van der Waals surface area contributed by atoms with Crippen molar-refractivity contribution in [3.8, 4) is 0 Å². The molecule has 4 heteroatoms. The highest BCUT2D eigenvalue weighted by Gasteiger charge is 2.22. The largest absolute Gasteiger partial charge is 0.478 e. The molecule has 1 unspecified atom stereocenters. The second-order valence-electron chi connectivity index (χ2n) is 5.17. The van der Waals surface area contributed by atoms with Crippen molar-refractivity contribution < 1.29 is 9.90 Å². The molecule has 0 aromatic carbocycles. The number of aryl methyl sites for hydroxylation is 2. The predicted octanol–water partition coefficient (Wildman–Crippen LogP) is 3.41. The lowest BCUT2D eigenvalue weighted by Crippen LogP contribution is -2.10. The van der Waals surface area contributed by atoms with E-state index < -0.39 is 5.97 Å². The fraction of sp³-hybridized carbons (Fsp3) is 0.571. The number of aromatic nitrogens is 1. The smallest absolute Gasteiger partial charge is 0.338 e. The van der Waals surface area contributed by atoms with E-state index in [1.54, 1.807) is 11.8 Å². The van der Waals surface area contributed by atoms with Crippen LogP contribution in [0.4, 0.5) is 0 Å². The minimum atomic E-state index is -0.865. The molecule has 98 valence electrons. The number of aromatic carboxylic acids is 1. The fourth-order valence-electron chi connectivity index (χ4n) is 2.01.